The summed E-state index contributed by atoms with van der Waals surface area (Å²) in [5.41, 5.74) is 0.686. The highest BCUT2D eigenvalue weighted by Crippen LogP contribution is 2.37. The summed E-state index contributed by atoms with van der Waals surface area (Å²) in [6.45, 7) is 2.04. The predicted molar refractivity (Wildman–Crippen MR) is 69.7 cm³/mol. The van der Waals surface area contributed by atoms with Gasteiger partial charge in [-0.25, -0.2) is 0 Å². The van der Waals surface area contributed by atoms with Crippen molar-refractivity contribution in [3.63, 3.8) is 0 Å². The maximum atomic E-state index is 6.03. The number of thiophene rings is 1. The Labute approximate surface area is 113 Å². The second-order valence-corrected chi connectivity index (χ2v) is 5.72. The fourth-order valence-corrected chi connectivity index (χ4v) is 2.92. The van der Waals surface area contributed by atoms with Gasteiger partial charge in [-0.1, -0.05) is 30.1 Å². The molecule has 0 aliphatic rings. The van der Waals surface area contributed by atoms with E-state index in [9.17, 15) is 0 Å². The first-order valence-electron chi connectivity index (χ1n) is 5.11. The van der Waals surface area contributed by atoms with Crippen molar-refractivity contribution in [2.24, 2.45) is 0 Å². The molecule has 2 aromatic rings. The molecule has 92 valence electrons. The summed E-state index contributed by atoms with van der Waals surface area (Å²) in [5, 5.41) is 11.1. The van der Waals surface area contributed by atoms with Crippen LogP contribution in [0.3, 0.4) is 0 Å². The number of nitrogens with one attached hydrogen (secondary N) is 1. The zero-order valence-corrected chi connectivity index (χ0v) is 11.7. The summed E-state index contributed by atoms with van der Waals surface area (Å²) < 4.78 is 6.75. The van der Waals surface area contributed by atoms with Gasteiger partial charge in [0, 0.05) is 0 Å². The molecule has 0 aromatic carbocycles. The van der Waals surface area contributed by atoms with E-state index >= 15 is 0 Å². The topological polar surface area (TPSA) is 51.0 Å². The molecule has 4 nitrogen and oxygen atoms in total. The van der Waals surface area contributed by atoms with Gasteiger partial charge in [-0.3, -0.25) is 0 Å². The van der Waals surface area contributed by atoms with E-state index < -0.39 is 0 Å². The SMILES string of the molecule is CCC(NC)c1nnc(-c2cc(Cl)sc2Cl)o1. The molecule has 0 aliphatic heterocycles. The van der Waals surface area contributed by atoms with Crippen LogP contribution in [0.4, 0.5) is 0 Å². The first-order chi connectivity index (χ1) is 8.15. The van der Waals surface area contributed by atoms with E-state index in [1.165, 1.54) is 11.3 Å². The minimum atomic E-state index is 0.0594. The summed E-state index contributed by atoms with van der Waals surface area (Å²) >= 11 is 13.2. The van der Waals surface area contributed by atoms with Crippen LogP contribution in [0.2, 0.25) is 8.67 Å². The molecular weight excluding hydrogens is 281 g/mol. The van der Waals surface area contributed by atoms with E-state index in [1.54, 1.807) is 6.07 Å². The fraction of sp³-hybridized carbons (Fsp3) is 0.400. The third-order valence-corrected chi connectivity index (χ3v) is 3.87. The van der Waals surface area contributed by atoms with Crippen LogP contribution in [-0.4, -0.2) is 17.2 Å². The van der Waals surface area contributed by atoms with Gasteiger partial charge in [0.05, 0.1) is 15.9 Å². The normalized spacial score (nSPS) is 12.9. The number of hydrogen-bond acceptors (Lipinski definition) is 5. The molecule has 1 N–H and O–H groups in total. The van der Waals surface area contributed by atoms with Crippen LogP contribution in [0.5, 0.6) is 0 Å². The van der Waals surface area contributed by atoms with E-state index in [0.29, 0.717) is 26.0 Å². The molecular formula is C10H11Cl2N3OS. The summed E-state index contributed by atoms with van der Waals surface area (Å²) in [6, 6.07) is 1.79. The average molecular weight is 292 g/mol. The highest BCUT2D eigenvalue weighted by Gasteiger charge is 2.18. The number of aromatic nitrogens is 2. The highest BCUT2D eigenvalue weighted by molar-refractivity contribution is 7.20. The molecule has 17 heavy (non-hydrogen) atoms. The Bertz CT molecular complexity index is 507. The second-order valence-electron chi connectivity index (χ2n) is 3.43. The molecule has 0 radical (unpaired) electrons. The van der Waals surface area contributed by atoms with Crippen LogP contribution < -0.4 is 5.32 Å². The van der Waals surface area contributed by atoms with E-state index in [4.69, 9.17) is 27.6 Å². The minimum absolute atomic E-state index is 0.0594. The maximum Gasteiger partial charge on any atom is 0.250 e. The first kappa shape index (κ1) is 12.8. The lowest BCUT2D eigenvalue weighted by atomic mass is 10.2. The van der Waals surface area contributed by atoms with E-state index in [-0.39, 0.29) is 6.04 Å². The average Bonchev–Trinajstić information content (AvgIpc) is 2.87. The number of nitrogens with zero attached hydrogens (tertiary/aromatic N) is 2. The Morgan fingerprint density at radius 2 is 2.24 bits per heavy atom. The fourth-order valence-electron chi connectivity index (χ4n) is 1.47. The molecule has 1 atom stereocenters. The lowest BCUT2D eigenvalue weighted by Crippen LogP contribution is -2.15. The Morgan fingerprint density at radius 1 is 1.47 bits per heavy atom. The van der Waals surface area contributed by atoms with Crippen LogP contribution >= 0.6 is 34.5 Å². The van der Waals surface area contributed by atoms with Crippen molar-refractivity contribution in [3.8, 4) is 11.5 Å². The van der Waals surface area contributed by atoms with Gasteiger partial charge in [-0.05, 0) is 19.5 Å². The van der Waals surface area contributed by atoms with Crippen LogP contribution in [-0.2, 0) is 0 Å². The summed E-state index contributed by atoms with van der Waals surface area (Å²) in [6.07, 6.45) is 0.871. The number of hydrogen-bond donors (Lipinski definition) is 1. The Morgan fingerprint density at radius 3 is 2.76 bits per heavy atom. The Hall–Kier alpha value is -0.620. The Kier molecular flexibility index (Phi) is 4.04. The summed E-state index contributed by atoms with van der Waals surface area (Å²) in [7, 11) is 1.85. The first-order valence-corrected chi connectivity index (χ1v) is 6.68. The third kappa shape index (κ3) is 2.63. The van der Waals surface area contributed by atoms with Crippen LogP contribution in [0.15, 0.2) is 10.5 Å². The molecule has 0 spiro atoms. The van der Waals surface area contributed by atoms with Crippen LogP contribution in [0, 0.1) is 0 Å². The van der Waals surface area contributed by atoms with Crippen molar-refractivity contribution in [3.05, 3.63) is 20.6 Å². The van der Waals surface area contributed by atoms with Crippen molar-refractivity contribution in [2.75, 3.05) is 7.05 Å². The minimum Gasteiger partial charge on any atom is -0.419 e. The zero-order valence-electron chi connectivity index (χ0n) is 9.33. The van der Waals surface area contributed by atoms with Gasteiger partial charge in [0.2, 0.25) is 11.8 Å². The molecule has 0 bridgehead atoms. The van der Waals surface area contributed by atoms with Crippen molar-refractivity contribution in [1.29, 1.82) is 0 Å². The van der Waals surface area contributed by atoms with Gasteiger partial charge >= 0.3 is 0 Å². The van der Waals surface area contributed by atoms with Gasteiger partial charge in [-0.2, -0.15) is 0 Å². The van der Waals surface area contributed by atoms with Crippen molar-refractivity contribution >= 4 is 34.5 Å². The smallest absolute Gasteiger partial charge is 0.250 e. The molecule has 0 aliphatic carbocycles. The summed E-state index contributed by atoms with van der Waals surface area (Å²) in [5.74, 6) is 0.963. The monoisotopic (exact) mass is 291 g/mol. The number of halogens is 2. The number of rotatable bonds is 4. The van der Waals surface area contributed by atoms with Crippen molar-refractivity contribution in [2.45, 2.75) is 19.4 Å². The zero-order chi connectivity index (χ0) is 12.4. The summed E-state index contributed by atoms with van der Waals surface area (Å²) in [4.78, 5) is 0. The second kappa shape index (κ2) is 5.35. The molecule has 2 aromatic heterocycles. The molecule has 2 rings (SSSR count). The van der Waals surface area contributed by atoms with E-state index in [1.807, 2.05) is 14.0 Å². The standard InChI is InChI=1S/C10H11Cl2N3OS/c1-3-6(13-2)10-15-14-9(16-10)5-4-7(11)17-8(5)12/h4,6,13H,3H2,1-2H3. The molecule has 1 unspecified atom stereocenters. The maximum absolute atomic E-state index is 6.03. The third-order valence-electron chi connectivity index (χ3n) is 2.38. The van der Waals surface area contributed by atoms with Gasteiger partial charge in [0.15, 0.2) is 0 Å². The van der Waals surface area contributed by atoms with Gasteiger partial charge in [0.1, 0.15) is 4.34 Å². The van der Waals surface area contributed by atoms with Crippen LogP contribution in [0.25, 0.3) is 11.5 Å². The molecule has 0 amide bonds. The van der Waals surface area contributed by atoms with E-state index in [2.05, 4.69) is 15.5 Å². The molecule has 0 fully saturated rings. The van der Waals surface area contributed by atoms with Gasteiger partial charge in [-0.15, -0.1) is 21.5 Å². The largest absolute Gasteiger partial charge is 0.419 e. The van der Waals surface area contributed by atoms with Gasteiger partial charge in [0.25, 0.3) is 0 Å². The lowest BCUT2D eigenvalue weighted by Gasteiger charge is -2.06. The van der Waals surface area contributed by atoms with Crippen LogP contribution in [0.1, 0.15) is 25.3 Å². The molecule has 7 heteroatoms. The van der Waals surface area contributed by atoms with E-state index in [0.717, 1.165) is 6.42 Å². The molecule has 2 heterocycles. The van der Waals surface area contributed by atoms with Gasteiger partial charge < -0.3 is 9.73 Å². The predicted octanol–water partition coefficient (Wildman–Crippen LogP) is 3.78. The Balaban J connectivity index is 2.32. The molecule has 0 saturated carbocycles. The highest BCUT2D eigenvalue weighted by atomic mass is 35.5. The quantitative estimate of drug-likeness (QED) is 0.931. The van der Waals surface area contributed by atoms with Crippen molar-refractivity contribution in [1.82, 2.24) is 15.5 Å². The van der Waals surface area contributed by atoms with Crippen molar-refractivity contribution < 1.29 is 4.42 Å². The molecule has 0 saturated heterocycles. The lowest BCUT2D eigenvalue weighted by molar-refractivity contribution is 0.415.